The number of nitriles is 1. The minimum absolute atomic E-state index is 0.00918. The molecule has 4 heteroatoms. The van der Waals surface area contributed by atoms with E-state index in [1.807, 2.05) is 30.3 Å². The van der Waals surface area contributed by atoms with Crippen molar-refractivity contribution in [1.29, 1.82) is 5.26 Å². The normalized spacial score (nSPS) is 11.7. The Morgan fingerprint density at radius 2 is 1.95 bits per heavy atom. The lowest BCUT2D eigenvalue weighted by Gasteiger charge is -2.12. The van der Waals surface area contributed by atoms with Crippen LogP contribution in [0, 0.1) is 18.3 Å². The van der Waals surface area contributed by atoms with Crippen LogP contribution in [-0.2, 0) is 0 Å². The summed E-state index contributed by atoms with van der Waals surface area (Å²) in [6.07, 6.45) is 0.00918. The second kappa shape index (κ2) is 6.43. The second-order valence-electron chi connectivity index (χ2n) is 4.79. The molecule has 0 fully saturated rings. The fourth-order valence-corrected chi connectivity index (χ4v) is 2.39. The molecule has 0 spiro atoms. The molecular weight excluding hydrogens is 286 g/mol. The quantitative estimate of drug-likeness (QED) is 0.859. The van der Waals surface area contributed by atoms with Crippen LogP contribution in [-0.4, -0.2) is 10.9 Å². The molecular formula is C17H14ClNO2. The highest BCUT2D eigenvalue weighted by Gasteiger charge is 2.21. The van der Waals surface area contributed by atoms with Gasteiger partial charge in [-0.1, -0.05) is 41.9 Å². The summed E-state index contributed by atoms with van der Waals surface area (Å²) in [4.78, 5) is 12.4. The van der Waals surface area contributed by atoms with E-state index in [0.29, 0.717) is 10.6 Å². The molecule has 0 heterocycles. The molecule has 0 aliphatic rings. The average molecular weight is 300 g/mol. The molecule has 2 aromatic carbocycles. The van der Waals surface area contributed by atoms with Crippen LogP contribution in [0.3, 0.4) is 0 Å². The second-order valence-corrected chi connectivity index (χ2v) is 5.19. The van der Waals surface area contributed by atoms with Gasteiger partial charge in [-0.3, -0.25) is 4.79 Å². The number of ketones is 1. The molecule has 0 bridgehead atoms. The Labute approximate surface area is 128 Å². The highest BCUT2D eigenvalue weighted by Crippen LogP contribution is 2.30. The van der Waals surface area contributed by atoms with Crippen molar-refractivity contribution in [2.45, 2.75) is 19.3 Å². The first-order valence-electron chi connectivity index (χ1n) is 6.50. The third kappa shape index (κ3) is 3.24. The lowest BCUT2D eigenvalue weighted by Crippen LogP contribution is -2.08. The first kappa shape index (κ1) is 15.1. The number of aromatic hydroxyl groups is 1. The van der Waals surface area contributed by atoms with E-state index in [1.165, 1.54) is 6.07 Å². The van der Waals surface area contributed by atoms with E-state index < -0.39 is 5.92 Å². The number of nitrogens with zero attached hydrogens (tertiary/aromatic N) is 1. The Kier molecular flexibility index (Phi) is 4.62. The van der Waals surface area contributed by atoms with Crippen molar-refractivity contribution in [3.63, 3.8) is 0 Å². The molecule has 0 saturated heterocycles. The number of carbonyl (C=O) groups is 1. The monoisotopic (exact) mass is 299 g/mol. The Bertz CT molecular complexity index is 705. The minimum Gasteiger partial charge on any atom is -0.507 e. The van der Waals surface area contributed by atoms with Crippen molar-refractivity contribution in [2.75, 3.05) is 0 Å². The molecule has 3 nitrogen and oxygen atoms in total. The Morgan fingerprint density at radius 1 is 1.29 bits per heavy atom. The summed E-state index contributed by atoms with van der Waals surface area (Å²) in [5, 5.41) is 19.6. The van der Waals surface area contributed by atoms with Crippen LogP contribution in [0.4, 0.5) is 0 Å². The standard InChI is InChI=1S/C17H14ClNO2/c1-11-14(18)7-8-15(20)17(11)16(21)9-13(10-19)12-5-3-2-4-6-12/h2-8,13,20H,9H2,1H3. The van der Waals surface area contributed by atoms with Crippen LogP contribution >= 0.6 is 11.6 Å². The Morgan fingerprint density at radius 3 is 2.57 bits per heavy atom. The van der Waals surface area contributed by atoms with Crippen LogP contribution < -0.4 is 0 Å². The topological polar surface area (TPSA) is 61.1 Å². The molecule has 1 N–H and O–H groups in total. The SMILES string of the molecule is Cc1c(Cl)ccc(O)c1C(=O)CC(C#N)c1ccccc1. The van der Waals surface area contributed by atoms with Crippen molar-refractivity contribution in [3.8, 4) is 11.8 Å². The summed E-state index contributed by atoms with van der Waals surface area (Å²) >= 11 is 5.99. The first-order valence-corrected chi connectivity index (χ1v) is 6.88. The van der Waals surface area contributed by atoms with E-state index in [4.69, 9.17) is 11.6 Å². The van der Waals surface area contributed by atoms with Gasteiger partial charge in [-0.25, -0.2) is 0 Å². The van der Waals surface area contributed by atoms with Gasteiger partial charge in [0.05, 0.1) is 17.6 Å². The third-order valence-electron chi connectivity index (χ3n) is 3.40. The van der Waals surface area contributed by atoms with Crippen LogP contribution in [0.25, 0.3) is 0 Å². The van der Waals surface area contributed by atoms with Crippen molar-refractivity contribution >= 4 is 17.4 Å². The van der Waals surface area contributed by atoms with Gasteiger partial charge in [0.2, 0.25) is 0 Å². The van der Waals surface area contributed by atoms with Crippen LogP contribution in [0.2, 0.25) is 5.02 Å². The highest BCUT2D eigenvalue weighted by molar-refractivity contribution is 6.32. The van der Waals surface area contributed by atoms with E-state index in [0.717, 1.165) is 5.56 Å². The summed E-state index contributed by atoms with van der Waals surface area (Å²) in [7, 11) is 0. The zero-order chi connectivity index (χ0) is 15.4. The molecule has 2 rings (SSSR count). The lowest BCUT2D eigenvalue weighted by molar-refractivity contribution is 0.0976. The number of phenols is 1. The number of phenolic OH excluding ortho intramolecular Hbond substituents is 1. The van der Waals surface area contributed by atoms with Gasteiger partial charge in [0.1, 0.15) is 5.75 Å². The molecule has 2 aromatic rings. The number of hydrogen-bond acceptors (Lipinski definition) is 3. The number of carbonyl (C=O) groups excluding carboxylic acids is 1. The smallest absolute Gasteiger partial charge is 0.168 e. The van der Waals surface area contributed by atoms with Gasteiger partial charge in [0.15, 0.2) is 5.78 Å². The van der Waals surface area contributed by atoms with Crippen molar-refractivity contribution in [2.24, 2.45) is 0 Å². The number of benzene rings is 2. The molecule has 1 unspecified atom stereocenters. The fraction of sp³-hybridized carbons (Fsp3) is 0.176. The summed E-state index contributed by atoms with van der Waals surface area (Å²) < 4.78 is 0. The maximum absolute atomic E-state index is 12.4. The molecule has 1 atom stereocenters. The van der Waals surface area contributed by atoms with Crippen LogP contribution in [0.15, 0.2) is 42.5 Å². The zero-order valence-corrected chi connectivity index (χ0v) is 12.3. The number of halogens is 1. The summed E-state index contributed by atoms with van der Waals surface area (Å²) in [6, 6.07) is 14.2. The minimum atomic E-state index is -0.545. The predicted octanol–water partition coefficient (Wildman–Crippen LogP) is 4.23. The van der Waals surface area contributed by atoms with E-state index in [-0.39, 0.29) is 23.5 Å². The van der Waals surface area contributed by atoms with E-state index in [9.17, 15) is 15.2 Å². The summed E-state index contributed by atoms with van der Waals surface area (Å²) in [5.74, 6) is -0.939. The van der Waals surface area contributed by atoms with E-state index in [1.54, 1.807) is 13.0 Å². The van der Waals surface area contributed by atoms with Gasteiger partial charge in [-0.05, 0) is 30.2 Å². The maximum Gasteiger partial charge on any atom is 0.168 e. The van der Waals surface area contributed by atoms with Crippen LogP contribution in [0.5, 0.6) is 5.75 Å². The number of hydrogen-bond donors (Lipinski definition) is 1. The maximum atomic E-state index is 12.4. The van der Waals surface area contributed by atoms with Gasteiger partial charge < -0.3 is 5.11 Å². The zero-order valence-electron chi connectivity index (χ0n) is 11.5. The van der Waals surface area contributed by atoms with Gasteiger partial charge in [0, 0.05) is 11.4 Å². The number of Topliss-reactive ketones (excluding diaryl/α,β-unsaturated/α-hetero) is 1. The van der Waals surface area contributed by atoms with Crippen LogP contribution in [0.1, 0.15) is 33.8 Å². The molecule has 0 radical (unpaired) electrons. The first-order chi connectivity index (χ1) is 10.0. The summed E-state index contributed by atoms with van der Waals surface area (Å²) in [6.45, 7) is 1.68. The molecule has 21 heavy (non-hydrogen) atoms. The van der Waals surface area contributed by atoms with Crippen molar-refractivity contribution < 1.29 is 9.90 Å². The van der Waals surface area contributed by atoms with Crippen molar-refractivity contribution in [1.82, 2.24) is 0 Å². The third-order valence-corrected chi connectivity index (χ3v) is 3.81. The lowest BCUT2D eigenvalue weighted by atomic mass is 9.91. The van der Waals surface area contributed by atoms with E-state index >= 15 is 0 Å². The molecule has 0 saturated carbocycles. The Hall–Kier alpha value is -2.31. The molecule has 0 amide bonds. The van der Waals surface area contributed by atoms with Gasteiger partial charge in [-0.2, -0.15) is 5.26 Å². The molecule has 106 valence electrons. The van der Waals surface area contributed by atoms with Gasteiger partial charge >= 0.3 is 0 Å². The summed E-state index contributed by atoms with van der Waals surface area (Å²) in [5.41, 5.74) is 1.51. The van der Waals surface area contributed by atoms with Gasteiger partial charge in [-0.15, -0.1) is 0 Å². The number of rotatable bonds is 4. The Balaban J connectivity index is 2.30. The predicted molar refractivity (Wildman–Crippen MR) is 81.6 cm³/mol. The molecule has 0 aliphatic heterocycles. The molecule has 0 aromatic heterocycles. The highest BCUT2D eigenvalue weighted by atomic mass is 35.5. The van der Waals surface area contributed by atoms with Crippen molar-refractivity contribution in [3.05, 3.63) is 64.2 Å². The fourth-order valence-electron chi connectivity index (χ4n) is 2.23. The molecule has 0 aliphatic carbocycles. The largest absolute Gasteiger partial charge is 0.507 e. The van der Waals surface area contributed by atoms with E-state index in [2.05, 4.69) is 6.07 Å². The average Bonchev–Trinajstić information content (AvgIpc) is 2.50. The van der Waals surface area contributed by atoms with Gasteiger partial charge in [0.25, 0.3) is 0 Å².